The van der Waals surface area contributed by atoms with Gasteiger partial charge in [-0.15, -0.1) is 0 Å². The van der Waals surface area contributed by atoms with Gasteiger partial charge in [-0.05, 0) is 24.8 Å². The van der Waals surface area contributed by atoms with Crippen LogP contribution < -0.4 is 16.0 Å². The first-order valence-electron chi connectivity index (χ1n) is 10.4. The highest BCUT2D eigenvalue weighted by atomic mass is 16.6. The Kier molecular flexibility index (Phi) is 11.9. The van der Waals surface area contributed by atoms with E-state index >= 15 is 0 Å². The number of nitrogens with one attached hydrogen (secondary N) is 3. The lowest BCUT2D eigenvalue weighted by Gasteiger charge is -2.23. The maximum absolute atomic E-state index is 12.9. The zero-order valence-corrected chi connectivity index (χ0v) is 18.6. The van der Waals surface area contributed by atoms with E-state index in [2.05, 4.69) is 16.0 Å². The number of hydrogen-bond acceptors (Lipinski definition) is 6. The molecular formula is C22H33N3O6. The van der Waals surface area contributed by atoms with E-state index in [9.17, 15) is 19.2 Å². The van der Waals surface area contributed by atoms with Gasteiger partial charge in [0, 0.05) is 20.1 Å². The third-order valence-electron chi connectivity index (χ3n) is 4.31. The predicted molar refractivity (Wildman–Crippen MR) is 115 cm³/mol. The van der Waals surface area contributed by atoms with Crippen LogP contribution in [0.5, 0.6) is 0 Å². The maximum Gasteiger partial charge on any atom is 0.407 e. The first kappa shape index (κ1) is 26.1. The van der Waals surface area contributed by atoms with Gasteiger partial charge >= 0.3 is 6.09 Å². The van der Waals surface area contributed by atoms with E-state index < -0.39 is 35.8 Å². The average Bonchev–Trinajstić information content (AvgIpc) is 2.73. The van der Waals surface area contributed by atoms with Crippen LogP contribution in [0.3, 0.4) is 0 Å². The van der Waals surface area contributed by atoms with Crippen molar-refractivity contribution in [2.75, 3.05) is 26.9 Å². The molecule has 0 aliphatic carbocycles. The number of ketones is 1. The molecule has 0 saturated carbocycles. The normalized spacial score (nSPS) is 12.5. The highest BCUT2D eigenvalue weighted by Crippen LogP contribution is 2.09. The molecule has 1 rings (SSSR count). The van der Waals surface area contributed by atoms with Crippen molar-refractivity contribution in [3.05, 3.63) is 35.9 Å². The molecule has 1 unspecified atom stereocenters. The third kappa shape index (κ3) is 10.1. The Morgan fingerprint density at radius 3 is 2.23 bits per heavy atom. The van der Waals surface area contributed by atoms with Crippen LogP contribution in [0.1, 0.15) is 32.8 Å². The summed E-state index contributed by atoms with van der Waals surface area (Å²) in [5.41, 5.74) is 0.790. The van der Waals surface area contributed by atoms with Crippen molar-refractivity contribution in [1.29, 1.82) is 0 Å². The molecule has 9 nitrogen and oxygen atoms in total. The number of likely N-dealkylation sites (N-methyl/N-ethyl adjacent to an activating group) is 1. The van der Waals surface area contributed by atoms with Gasteiger partial charge in [0.2, 0.25) is 11.7 Å². The molecule has 172 valence electrons. The van der Waals surface area contributed by atoms with Crippen molar-refractivity contribution in [3.8, 4) is 0 Å². The second-order valence-corrected chi connectivity index (χ2v) is 7.43. The van der Waals surface area contributed by atoms with E-state index in [1.54, 1.807) is 19.1 Å². The van der Waals surface area contributed by atoms with Crippen LogP contribution in [0.25, 0.3) is 0 Å². The minimum absolute atomic E-state index is 0.0463. The lowest BCUT2D eigenvalue weighted by Crippen LogP contribution is -2.55. The summed E-state index contributed by atoms with van der Waals surface area (Å²) in [5, 5.41) is 7.63. The molecule has 0 fully saturated rings. The zero-order valence-electron chi connectivity index (χ0n) is 18.6. The molecule has 0 aliphatic rings. The molecular weight excluding hydrogens is 402 g/mol. The molecule has 2 atom stereocenters. The lowest BCUT2D eigenvalue weighted by molar-refractivity contribution is -0.140. The third-order valence-corrected chi connectivity index (χ3v) is 4.31. The number of rotatable bonds is 13. The highest BCUT2D eigenvalue weighted by molar-refractivity contribution is 6.38. The average molecular weight is 436 g/mol. The van der Waals surface area contributed by atoms with Gasteiger partial charge in [-0.1, -0.05) is 44.2 Å². The number of carbonyl (C=O) groups excluding carboxylic acids is 4. The van der Waals surface area contributed by atoms with Gasteiger partial charge in [-0.3, -0.25) is 14.4 Å². The van der Waals surface area contributed by atoms with E-state index in [0.29, 0.717) is 13.0 Å². The molecule has 0 radical (unpaired) electrons. The Labute approximate surface area is 183 Å². The first-order chi connectivity index (χ1) is 14.8. The predicted octanol–water partition coefficient (Wildman–Crippen LogP) is 1.21. The minimum atomic E-state index is -1.07. The summed E-state index contributed by atoms with van der Waals surface area (Å²) < 4.78 is 9.80. The minimum Gasteiger partial charge on any atom is -0.447 e. The van der Waals surface area contributed by atoms with Crippen LogP contribution in [0.2, 0.25) is 0 Å². The molecule has 0 bridgehead atoms. The molecule has 31 heavy (non-hydrogen) atoms. The van der Waals surface area contributed by atoms with Gasteiger partial charge in [0.05, 0.1) is 6.61 Å². The number of Topliss-reactive ketones (excluding diaryl/α,β-unsaturated/α-hetero) is 1. The summed E-state index contributed by atoms with van der Waals surface area (Å²) >= 11 is 0. The van der Waals surface area contributed by atoms with Crippen LogP contribution in [0.15, 0.2) is 30.3 Å². The van der Waals surface area contributed by atoms with E-state index in [4.69, 9.17) is 9.47 Å². The van der Waals surface area contributed by atoms with Crippen molar-refractivity contribution in [2.45, 2.75) is 45.7 Å². The monoisotopic (exact) mass is 435 g/mol. The van der Waals surface area contributed by atoms with E-state index in [1.807, 2.05) is 32.0 Å². The van der Waals surface area contributed by atoms with Crippen LogP contribution >= 0.6 is 0 Å². The number of methoxy groups -OCH3 is 1. The molecule has 0 saturated heterocycles. The molecule has 1 aromatic rings. The number of carbonyl (C=O) groups is 4. The number of ether oxygens (including phenoxy) is 2. The number of benzene rings is 1. The SMILES string of the molecule is CCNC(=O)C(=O)C(Cc1ccccc1)NC(=O)[C@H](CC(C)C)NC(=O)OCCOC. The van der Waals surface area contributed by atoms with Crippen LogP contribution in [-0.2, 0) is 30.3 Å². The van der Waals surface area contributed by atoms with Crippen LogP contribution in [0, 0.1) is 5.92 Å². The highest BCUT2D eigenvalue weighted by Gasteiger charge is 2.30. The van der Waals surface area contributed by atoms with Crippen molar-refractivity contribution in [3.63, 3.8) is 0 Å². The Balaban J connectivity index is 2.94. The Morgan fingerprint density at radius 1 is 0.968 bits per heavy atom. The molecule has 3 amide bonds. The van der Waals surface area contributed by atoms with Gasteiger partial charge in [0.1, 0.15) is 18.7 Å². The maximum atomic E-state index is 12.9. The Hall–Kier alpha value is -2.94. The molecule has 9 heteroatoms. The second kappa shape index (κ2) is 14.1. The van der Waals surface area contributed by atoms with E-state index in [-0.39, 0.29) is 25.6 Å². The van der Waals surface area contributed by atoms with Crippen LogP contribution in [0.4, 0.5) is 4.79 Å². The zero-order chi connectivity index (χ0) is 23.2. The molecule has 3 N–H and O–H groups in total. The van der Waals surface area contributed by atoms with Gasteiger partial charge < -0.3 is 25.4 Å². The largest absolute Gasteiger partial charge is 0.447 e. The first-order valence-corrected chi connectivity index (χ1v) is 10.4. The van der Waals surface area contributed by atoms with Gasteiger partial charge in [-0.2, -0.15) is 0 Å². The summed E-state index contributed by atoms with van der Waals surface area (Å²) in [7, 11) is 1.48. The van der Waals surface area contributed by atoms with E-state index in [0.717, 1.165) is 5.56 Å². The van der Waals surface area contributed by atoms with Crippen molar-refractivity contribution < 1.29 is 28.7 Å². The fourth-order valence-electron chi connectivity index (χ4n) is 2.84. The summed E-state index contributed by atoms with van der Waals surface area (Å²) in [5.74, 6) is -1.99. The Bertz CT molecular complexity index is 723. The van der Waals surface area contributed by atoms with E-state index in [1.165, 1.54) is 7.11 Å². The summed E-state index contributed by atoms with van der Waals surface area (Å²) in [6.45, 7) is 6.08. The van der Waals surface area contributed by atoms with Crippen molar-refractivity contribution in [1.82, 2.24) is 16.0 Å². The van der Waals surface area contributed by atoms with Crippen molar-refractivity contribution in [2.24, 2.45) is 5.92 Å². The summed E-state index contributed by atoms with van der Waals surface area (Å²) in [4.78, 5) is 49.7. The van der Waals surface area contributed by atoms with Crippen LogP contribution in [-0.4, -0.2) is 62.6 Å². The number of amides is 3. The number of hydrogen-bond donors (Lipinski definition) is 3. The standard InChI is InChI=1S/C22H33N3O6/c1-5-23-21(28)19(26)17(14-16-9-7-6-8-10-16)24-20(27)18(13-15(2)3)25-22(29)31-12-11-30-4/h6-10,15,17-18H,5,11-14H2,1-4H3,(H,23,28)(H,24,27)(H,25,29)/t17?,18-/m0/s1. The fraction of sp³-hybridized carbons (Fsp3) is 0.545. The topological polar surface area (TPSA) is 123 Å². The summed E-state index contributed by atoms with van der Waals surface area (Å²) in [6, 6.07) is 7.08. The Morgan fingerprint density at radius 2 is 1.65 bits per heavy atom. The fourth-order valence-corrected chi connectivity index (χ4v) is 2.84. The van der Waals surface area contributed by atoms with Gasteiger partial charge in [0.25, 0.3) is 5.91 Å². The second-order valence-electron chi connectivity index (χ2n) is 7.43. The van der Waals surface area contributed by atoms with Gasteiger partial charge in [-0.25, -0.2) is 4.79 Å². The van der Waals surface area contributed by atoms with Gasteiger partial charge in [0.15, 0.2) is 0 Å². The lowest BCUT2D eigenvalue weighted by atomic mass is 9.99. The molecule has 0 heterocycles. The summed E-state index contributed by atoms with van der Waals surface area (Å²) in [6.07, 6.45) is -0.277. The molecule has 0 spiro atoms. The molecule has 0 aromatic heterocycles. The smallest absolute Gasteiger partial charge is 0.407 e. The van der Waals surface area contributed by atoms with Crippen molar-refractivity contribution >= 4 is 23.7 Å². The quantitative estimate of drug-likeness (QED) is 0.316. The molecule has 1 aromatic carbocycles. The molecule has 0 aliphatic heterocycles. The number of alkyl carbamates (subject to hydrolysis) is 1.